The second-order valence-electron chi connectivity index (χ2n) is 4.77. The van der Waals surface area contributed by atoms with Crippen molar-refractivity contribution in [2.75, 3.05) is 13.9 Å². The van der Waals surface area contributed by atoms with Gasteiger partial charge in [0.2, 0.25) is 0 Å². The number of rotatable bonds is 6. The summed E-state index contributed by atoms with van der Waals surface area (Å²) in [5.41, 5.74) is 0. The van der Waals surface area contributed by atoms with E-state index in [1.54, 1.807) is 30.3 Å². The summed E-state index contributed by atoms with van der Waals surface area (Å²) in [6.45, 7) is 1.25. The van der Waals surface area contributed by atoms with Crippen molar-refractivity contribution in [1.82, 2.24) is 0 Å². The monoisotopic (exact) mass is 310 g/mol. The Morgan fingerprint density at radius 2 is 1.73 bits per heavy atom. The highest BCUT2D eigenvalue weighted by molar-refractivity contribution is 5.86. The number of halogens is 2. The van der Waals surface area contributed by atoms with Crippen LogP contribution in [0.3, 0.4) is 0 Å². The van der Waals surface area contributed by atoms with E-state index < -0.39 is 18.3 Å². The molecule has 4 nitrogen and oxygen atoms in total. The maximum Gasteiger partial charge on any atom is 0.319 e. The molecular weight excluding hydrogens is 294 g/mol. The quantitative estimate of drug-likeness (QED) is 0.464. The largest absolute Gasteiger partial charge is 0.468 e. The van der Waals surface area contributed by atoms with Crippen LogP contribution in [0.15, 0.2) is 36.4 Å². The third-order valence-corrected chi connectivity index (χ3v) is 3.09. The highest BCUT2D eigenvalue weighted by Crippen LogP contribution is 2.26. The van der Waals surface area contributed by atoms with Gasteiger partial charge in [0.1, 0.15) is 17.4 Å². The van der Waals surface area contributed by atoms with E-state index in [0.29, 0.717) is 5.75 Å². The third kappa shape index (κ3) is 3.92. The van der Waals surface area contributed by atoms with Crippen molar-refractivity contribution in [1.29, 1.82) is 0 Å². The summed E-state index contributed by atoms with van der Waals surface area (Å²) in [7, 11) is 1.52. The molecule has 0 saturated heterocycles. The predicted molar refractivity (Wildman–Crippen MR) is 77.3 cm³/mol. The average molecular weight is 310 g/mol. The molecule has 118 valence electrons. The molecule has 0 amide bonds. The van der Waals surface area contributed by atoms with Crippen molar-refractivity contribution < 1.29 is 27.8 Å². The lowest BCUT2D eigenvalue weighted by Crippen LogP contribution is -2.23. The molecule has 0 heterocycles. The van der Waals surface area contributed by atoms with Crippen LogP contribution in [-0.2, 0) is 9.53 Å². The molecule has 0 radical (unpaired) electrons. The molecule has 0 aromatic heterocycles. The fourth-order valence-electron chi connectivity index (χ4n) is 1.80. The highest BCUT2D eigenvalue weighted by atomic mass is 19.3. The maximum absolute atomic E-state index is 12.5. The van der Waals surface area contributed by atoms with Crippen molar-refractivity contribution in [2.45, 2.75) is 13.3 Å². The Morgan fingerprint density at radius 3 is 2.36 bits per heavy atom. The van der Waals surface area contributed by atoms with Gasteiger partial charge in [0, 0.05) is 7.11 Å². The second kappa shape index (κ2) is 7.17. The molecular formula is C16H16F2O4. The normalized spacial score (nSPS) is 12.4. The van der Waals surface area contributed by atoms with E-state index in [-0.39, 0.29) is 12.5 Å². The molecule has 6 heteroatoms. The predicted octanol–water partition coefficient (Wildman–Crippen LogP) is 3.63. The summed E-state index contributed by atoms with van der Waals surface area (Å²) in [5, 5.41) is 1.68. The van der Waals surface area contributed by atoms with E-state index in [0.717, 1.165) is 17.7 Å². The second-order valence-corrected chi connectivity index (χ2v) is 4.77. The first-order chi connectivity index (χ1) is 10.5. The highest BCUT2D eigenvalue weighted by Gasteiger charge is 2.25. The Balaban J connectivity index is 2.19. The van der Waals surface area contributed by atoms with Gasteiger partial charge in [-0.1, -0.05) is 12.1 Å². The number of hydrogen-bond acceptors (Lipinski definition) is 4. The molecule has 1 atom stereocenters. The number of ether oxygens (including phenoxy) is 3. The van der Waals surface area contributed by atoms with Crippen LogP contribution in [0.5, 0.6) is 11.5 Å². The van der Waals surface area contributed by atoms with Crippen LogP contribution in [0.2, 0.25) is 0 Å². The molecule has 0 aliphatic carbocycles. The molecule has 0 spiro atoms. The van der Waals surface area contributed by atoms with Crippen LogP contribution in [0.1, 0.15) is 6.92 Å². The van der Waals surface area contributed by atoms with Crippen LogP contribution in [0, 0.1) is 5.92 Å². The average Bonchev–Trinajstić information content (AvgIpc) is 2.51. The van der Waals surface area contributed by atoms with Crippen LogP contribution in [0.25, 0.3) is 10.8 Å². The van der Waals surface area contributed by atoms with Gasteiger partial charge in [-0.15, -0.1) is 0 Å². The summed E-state index contributed by atoms with van der Waals surface area (Å²) in [6.07, 6.45) is -2.75. The standard InChI is InChI=1S/C16H16F2O4/c1-10(15(17)18)16(19)22-14-6-4-11-3-5-13(21-9-20-2)7-12(11)8-14/h3-8,10,15H,9H2,1-2H3. The summed E-state index contributed by atoms with van der Waals surface area (Å²) in [4.78, 5) is 11.6. The number of methoxy groups -OCH3 is 1. The molecule has 1 unspecified atom stereocenters. The molecule has 2 aromatic carbocycles. The third-order valence-electron chi connectivity index (χ3n) is 3.09. The number of hydrogen-bond donors (Lipinski definition) is 0. The van der Waals surface area contributed by atoms with E-state index in [1.165, 1.54) is 7.11 Å². The Labute approximate surface area is 126 Å². The lowest BCUT2D eigenvalue weighted by molar-refractivity contribution is -0.143. The first-order valence-corrected chi connectivity index (χ1v) is 6.66. The molecule has 0 fully saturated rings. The number of esters is 1. The van der Waals surface area contributed by atoms with Crippen LogP contribution < -0.4 is 9.47 Å². The van der Waals surface area contributed by atoms with E-state index in [9.17, 15) is 13.6 Å². The van der Waals surface area contributed by atoms with Crippen LogP contribution in [-0.4, -0.2) is 26.3 Å². The minimum absolute atomic E-state index is 0.117. The Bertz CT molecular complexity index is 658. The fraction of sp³-hybridized carbons (Fsp3) is 0.312. The topological polar surface area (TPSA) is 44.8 Å². The van der Waals surface area contributed by atoms with Gasteiger partial charge < -0.3 is 14.2 Å². The summed E-state index contributed by atoms with van der Waals surface area (Å²) in [5.74, 6) is -1.61. The van der Waals surface area contributed by atoms with Gasteiger partial charge in [0.15, 0.2) is 6.79 Å². The molecule has 2 rings (SSSR count). The van der Waals surface area contributed by atoms with Gasteiger partial charge in [-0.3, -0.25) is 4.79 Å². The number of carbonyl (C=O) groups excluding carboxylic acids is 1. The lowest BCUT2D eigenvalue weighted by Gasteiger charge is -2.11. The Kier molecular flexibility index (Phi) is 5.27. The minimum Gasteiger partial charge on any atom is -0.468 e. The first-order valence-electron chi connectivity index (χ1n) is 6.66. The maximum atomic E-state index is 12.5. The molecule has 2 aromatic rings. The molecule has 0 saturated carbocycles. The Morgan fingerprint density at radius 1 is 1.09 bits per heavy atom. The number of carbonyl (C=O) groups is 1. The van der Waals surface area contributed by atoms with Crippen molar-refractivity contribution in [2.24, 2.45) is 5.92 Å². The van der Waals surface area contributed by atoms with Crippen LogP contribution >= 0.6 is 0 Å². The Hall–Kier alpha value is -2.21. The molecule has 0 N–H and O–H groups in total. The summed E-state index contributed by atoms with van der Waals surface area (Å²) in [6, 6.07) is 10.3. The van der Waals surface area contributed by atoms with E-state index >= 15 is 0 Å². The van der Waals surface area contributed by atoms with Gasteiger partial charge >= 0.3 is 5.97 Å². The first kappa shape index (κ1) is 16.2. The number of fused-ring (bicyclic) bond motifs is 1. The SMILES string of the molecule is COCOc1ccc2ccc(OC(=O)C(C)C(F)F)cc2c1. The van der Waals surface area contributed by atoms with Crippen molar-refractivity contribution >= 4 is 16.7 Å². The van der Waals surface area contributed by atoms with E-state index in [1.807, 2.05) is 6.07 Å². The van der Waals surface area contributed by atoms with Gasteiger partial charge in [-0.25, -0.2) is 8.78 Å². The van der Waals surface area contributed by atoms with Gasteiger partial charge in [-0.05, 0) is 42.0 Å². The summed E-state index contributed by atoms with van der Waals surface area (Å²) >= 11 is 0. The minimum atomic E-state index is -2.75. The van der Waals surface area contributed by atoms with E-state index in [4.69, 9.17) is 14.2 Å². The summed E-state index contributed by atoms with van der Waals surface area (Å²) < 4.78 is 40.1. The van der Waals surface area contributed by atoms with Crippen molar-refractivity contribution in [3.63, 3.8) is 0 Å². The fourth-order valence-corrected chi connectivity index (χ4v) is 1.80. The molecule has 0 aliphatic heterocycles. The lowest BCUT2D eigenvalue weighted by atomic mass is 10.1. The van der Waals surface area contributed by atoms with Crippen LogP contribution in [0.4, 0.5) is 8.78 Å². The number of alkyl halides is 2. The molecule has 0 aliphatic rings. The zero-order valence-corrected chi connectivity index (χ0v) is 12.2. The van der Waals surface area contributed by atoms with Gasteiger partial charge in [0.05, 0.1) is 0 Å². The zero-order valence-electron chi connectivity index (χ0n) is 12.2. The smallest absolute Gasteiger partial charge is 0.319 e. The van der Waals surface area contributed by atoms with E-state index in [2.05, 4.69) is 0 Å². The molecule has 0 bridgehead atoms. The van der Waals surface area contributed by atoms with Gasteiger partial charge in [-0.2, -0.15) is 0 Å². The van der Waals surface area contributed by atoms with Crippen molar-refractivity contribution in [3.05, 3.63) is 36.4 Å². The molecule has 22 heavy (non-hydrogen) atoms. The number of benzene rings is 2. The van der Waals surface area contributed by atoms with Gasteiger partial charge in [0.25, 0.3) is 6.43 Å². The van der Waals surface area contributed by atoms with Crippen molar-refractivity contribution in [3.8, 4) is 11.5 Å². The zero-order chi connectivity index (χ0) is 16.1.